The molecule has 7 nitrogen and oxygen atoms in total. The number of hydrogen-bond acceptors (Lipinski definition) is 6. The molecule has 1 amide bonds. The zero-order valence-corrected chi connectivity index (χ0v) is 19.8. The van der Waals surface area contributed by atoms with Crippen LogP contribution in [0.2, 0.25) is 5.02 Å². The Hall–Kier alpha value is -3.49. The van der Waals surface area contributed by atoms with Crippen LogP contribution in [0.3, 0.4) is 0 Å². The molecule has 2 heterocycles. The summed E-state index contributed by atoms with van der Waals surface area (Å²) in [5.74, 6) is 1.28. The average Bonchev–Trinajstić information content (AvgIpc) is 3.31. The van der Waals surface area contributed by atoms with E-state index in [-0.39, 0.29) is 24.0 Å². The van der Waals surface area contributed by atoms with E-state index in [0.29, 0.717) is 44.8 Å². The average molecular weight is 494 g/mol. The second-order valence-electron chi connectivity index (χ2n) is 7.74. The van der Waals surface area contributed by atoms with Gasteiger partial charge < -0.3 is 14.8 Å². The van der Waals surface area contributed by atoms with Crippen molar-refractivity contribution in [1.82, 2.24) is 14.9 Å². The van der Waals surface area contributed by atoms with Gasteiger partial charge in [0.05, 0.1) is 22.3 Å². The first-order valence-electron chi connectivity index (χ1n) is 10.6. The van der Waals surface area contributed by atoms with Crippen molar-refractivity contribution < 1.29 is 14.3 Å². The summed E-state index contributed by atoms with van der Waals surface area (Å²) in [7, 11) is 0. The molecule has 3 aromatic carbocycles. The fourth-order valence-corrected chi connectivity index (χ4v) is 4.61. The summed E-state index contributed by atoms with van der Waals surface area (Å²) in [5.41, 5.74) is 2.77. The fraction of sp³-hybridized carbons (Fsp3) is 0.160. The molecule has 1 N–H and O–H groups in total. The molecule has 1 aliphatic heterocycles. The van der Waals surface area contributed by atoms with Crippen LogP contribution in [0.5, 0.6) is 11.5 Å². The van der Waals surface area contributed by atoms with E-state index >= 15 is 0 Å². The molecule has 0 radical (unpaired) electrons. The number of hydrogen-bond donors (Lipinski definition) is 1. The first-order valence-corrected chi connectivity index (χ1v) is 11.9. The van der Waals surface area contributed by atoms with Crippen molar-refractivity contribution in [2.24, 2.45) is 0 Å². The summed E-state index contributed by atoms with van der Waals surface area (Å²) >= 11 is 7.52. The van der Waals surface area contributed by atoms with Gasteiger partial charge in [-0.25, -0.2) is 4.98 Å². The molecule has 172 valence electrons. The third kappa shape index (κ3) is 4.47. The van der Waals surface area contributed by atoms with Crippen LogP contribution < -0.4 is 20.3 Å². The van der Waals surface area contributed by atoms with E-state index in [2.05, 4.69) is 10.3 Å². The van der Waals surface area contributed by atoms with E-state index < -0.39 is 0 Å². The number of amides is 1. The van der Waals surface area contributed by atoms with E-state index in [1.807, 2.05) is 43.3 Å². The summed E-state index contributed by atoms with van der Waals surface area (Å²) in [6, 6.07) is 18.1. The van der Waals surface area contributed by atoms with Crippen LogP contribution in [0.4, 0.5) is 0 Å². The van der Waals surface area contributed by atoms with Crippen LogP contribution >= 0.6 is 23.4 Å². The lowest BCUT2D eigenvalue weighted by Crippen LogP contribution is -2.26. The molecule has 0 saturated carbocycles. The SMILES string of the molecule is Cc1ccc(-n2c(SCC(=O)NCc3ccc4c(c3)OCO4)nc3ccccc3c2=O)cc1Cl. The van der Waals surface area contributed by atoms with E-state index in [4.69, 9.17) is 21.1 Å². The molecule has 9 heteroatoms. The Morgan fingerprint density at radius 3 is 2.79 bits per heavy atom. The molecular formula is C25H20ClN3O4S. The van der Waals surface area contributed by atoms with Crippen molar-refractivity contribution in [1.29, 1.82) is 0 Å². The summed E-state index contributed by atoms with van der Waals surface area (Å²) in [6.45, 7) is 2.45. The Bertz CT molecular complexity index is 1470. The molecule has 0 spiro atoms. The van der Waals surface area contributed by atoms with Crippen molar-refractivity contribution in [2.45, 2.75) is 18.6 Å². The minimum absolute atomic E-state index is 0.0922. The Balaban J connectivity index is 1.37. The number of halogens is 1. The lowest BCUT2D eigenvalue weighted by atomic mass is 10.2. The van der Waals surface area contributed by atoms with Crippen molar-refractivity contribution in [3.63, 3.8) is 0 Å². The van der Waals surface area contributed by atoms with Gasteiger partial charge in [0.1, 0.15) is 0 Å². The van der Waals surface area contributed by atoms with Gasteiger partial charge in [-0.2, -0.15) is 0 Å². The van der Waals surface area contributed by atoms with Crippen molar-refractivity contribution in [3.05, 3.63) is 87.2 Å². The van der Waals surface area contributed by atoms with E-state index in [1.165, 1.54) is 16.3 Å². The molecule has 0 saturated heterocycles. The normalized spacial score (nSPS) is 12.2. The van der Waals surface area contributed by atoms with Crippen LogP contribution in [0.1, 0.15) is 11.1 Å². The Morgan fingerprint density at radius 2 is 1.94 bits per heavy atom. The van der Waals surface area contributed by atoms with Gasteiger partial charge >= 0.3 is 0 Å². The lowest BCUT2D eigenvalue weighted by molar-refractivity contribution is -0.118. The Morgan fingerprint density at radius 1 is 1.12 bits per heavy atom. The van der Waals surface area contributed by atoms with Gasteiger partial charge in [-0.15, -0.1) is 0 Å². The molecule has 5 rings (SSSR count). The molecule has 0 atom stereocenters. The maximum absolute atomic E-state index is 13.3. The number of benzene rings is 3. The third-order valence-electron chi connectivity index (χ3n) is 5.42. The van der Waals surface area contributed by atoms with Crippen LogP contribution in [0, 0.1) is 6.92 Å². The van der Waals surface area contributed by atoms with Crippen molar-refractivity contribution in [3.8, 4) is 17.2 Å². The topological polar surface area (TPSA) is 82.5 Å². The fourth-order valence-electron chi connectivity index (χ4n) is 3.59. The van der Waals surface area contributed by atoms with Gasteiger partial charge in [0.15, 0.2) is 16.7 Å². The van der Waals surface area contributed by atoms with Gasteiger partial charge in [-0.05, 0) is 54.4 Å². The van der Waals surface area contributed by atoms with Gasteiger partial charge in [0.2, 0.25) is 12.7 Å². The predicted molar refractivity (Wildman–Crippen MR) is 132 cm³/mol. The molecule has 1 aliphatic rings. The van der Waals surface area contributed by atoms with Crippen LogP contribution in [0.25, 0.3) is 16.6 Å². The van der Waals surface area contributed by atoms with Gasteiger partial charge in [0, 0.05) is 11.6 Å². The van der Waals surface area contributed by atoms with Gasteiger partial charge in [0.25, 0.3) is 5.56 Å². The Labute approximate surface area is 204 Å². The number of aromatic nitrogens is 2. The van der Waals surface area contributed by atoms with E-state index in [0.717, 1.165) is 11.1 Å². The Kier molecular flexibility index (Phi) is 6.17. The number of carbonyl (C=O) groups is 1. The minimum atomic E-state index is -0.214. The van der Waals surface area contributed by atoms with Crippen LogP contribution in [-0.4, -0.2) is 28.0 Å². The highest BCUT2D eigenvalue weighted by Gasteiger charge is 2.16. The molecule has 0 aliphatic carbocycles. The van der Waals surface area contributed by atoms with Crippen molar-refractivity contribution in [2.75, 3.05) is 12.5 Å². The molecular weight excluding hydrogens is 474 g/mol. The highest BCUT2D eigenvalue weighted by molar-refractivity contribution is 7.99. The van der Waals surface area contributed by atoms with Gasteiger partial charge in [-0.1, -0.05) is 47.6 Å². The minimum Gasteiger partial charge on any atom is -0.454 e. The summed E-state index contributed by atoms with van der Waals surface area (Å²) in [4.78, 5) is 30.6. The number of nitrogens with one attached hydrogen (secondary N) is 1. The number of fused-ring (bicyclic) bond motifs is 2. The largest absolute Gasteiger partial charge is 0.454 e. The number of carbonyl (C=O) groups excluding carboxylic acids is 1. The number of nitrogens with zero attached hydrogens (tertiary/aromatic N) is 2. The zero-order chi connectivity index (χ0) is 23.7. The highest BCUT2D eigenvalue weighted by atomic mass is 35.5. The lowest BCUT2D eigenvalue weighted by Gasteiger charge is -2.14. The highest BCUT2D eigenvalue weighted by Crippen LogP contribution is 2.32. The summed E-state index contributed by atoms with van der Waals surface area (Å²) in [6.07, 6.45) is 0. The van der Waals surface area contributed by atoms with Crippen LogP contribution in [-0.2, 0) is 11.3 Å². The zero-order valence-electron chi connectivity index (χ0n) is 18.2. The summed E-state index contributed by atoms with van der Waals surface area (Å²) < 4.78 is 12.2. The first-order chi connectivity index (χ1) is 16.5. The smallest absolute Gasteiger partial charge is 0.266 e. The van der Waals surface area contributed by atoms with E-state index in [9.17, 15) is 9.59 Å². The predicted octanol–water partition coefficient (Wildman–Crippen LogP) is 4.48. The number of rotatable bonds is 6. The number of thioether (sulfide) groups is 1. The molecule has 4 aromatic rings. The molecule has 34 heavy (non-hydrogen) atoms. The molecule has 0 fully saturated rings. The molecule has 0 bridgehead atoms. The maximum Gasteiger partial charge on any atom is 0.266 e. The number of para-hydroxylation sites is 1. The van der Waals surface area contributed by atoms with Gasteiger partial charge in [-0.3, -0.25) is 14.2 Å². The summed E-state index contributed by atoms with van der Waals surface area (Å²) in [5, 5.41) is 4.36. The molecule has 1 aromatic heterocycles. The monoisotopic (exact) mass is 493 g/mol. The van der Waals surface area contributed by atoms with Crippen LogP contribution in [0.15, 0.2) is 70.6 Å². The quantitative estimate of drug-likeness (QED) is 0.315. The number of ether oxygens (including phenoxy) is 2. The van der Waals surface area contributed by atoms with Crippen molar-refractivity contribution >= 4 is 40.2 Å². The maximum atomic E-state index is 13.3. The number of aryl methyl sites for hydroxylation is 1. The molecule has 0 unspecified atom stereocenters. The second-order valence-corrected chi connectivity index (χ2v) is 9.09. The second kappa shape index (κ2) is 9.40. The standard InChI is InChI=1S/C25H20ClN3O4S/c1-15-6-8-17(11-19(15)26)29-24(31)18-4-2-3-5-20(18)28-25(29)34-13-23(30)27-12-16-7-9-21-22(10-16)33-14-32-21/h2-11H,12-14H2,1H3,(H,27,30). The first kappa shape index (κ1) is 22.3. The third-order valence-corrected chi connectivity index (χ3v) is 6.76. The van der Waals surface area contributed by atoms with E-state index in [1.54, 1.807) is 24.3 Å².